The van der Waals surface area contributed by atoms with Gasteiger partial charge in [0.05, 0.1) is 13.2 Å². The van der Waals surface area contributed by atoms with Gasteiger partial charge in [-0.15, -0.1) is 0 Å². The molecule has 0 aliphatic carbocycles. The maximum absolute atomic E-state index is 5.74. The molecule has 0 bridgehead atoms. The summed E-state index contributed by atoms with van der Waals surface area (Å²) in [6.07, 6.45) is 8.47. The van der Waals surface area contributed by atoms with Crippen LogP contribution in [-0.4, -0.2) is 19.0 Å². The lowest BCUT2D eigenvalue weighted by Gasteiger charge is -2.26. The molecule has 1 aliphatic rings. The molecule has 0 N–H and O–H groups in total. The smallest absolute Gasteiger partial charge is 0.168 e. The fourth-order valence-corrected chi connectivity index (χ4v) is 2.11. The van der Waals surface area contributed by atoms with Gasteiger partial charge in [-0.25, -0.2) is 0 Å². The summed E-state index contributed by atoms with van der Waals surface area (Å²) >= 11 is 0. The lowest BCUT2D eigenvalue weighted by molar-refractivity contribution is -0.167. The SMILES string of the molecule is CCCCCCC1(CCC)OCCO1. The number of ether oxygens (including phenoxy) is 2. The minimum absolute atomic E-state index is 0.206. The zero-order valence-electron chi connectivity index (χ0n) is 9.68. The Kier molecular flexibility index (Phi) is 5.49. The van der Waals surface area contributed by atoms with Gasteiger partial charge in [0.2, 0.25) is 0 Å². The van der Waals surface area contributed by atoms with Crippen LogP contribution in [0.3, 0.4) is 0 Å². The number of rotatable bonds is 7. The molecule has 0 aromatic carbocycles. The molecule has 0 spiro atoms. The highest BCUT2D eigenvalue weighted by Crippen LogP contribution is 2.30. The summed E-state index contributed by atoms with van der Waals surface area (Å²) in [6.45, 7) is 6.00. The van der Waals surface area contributed by atoms with Crippen LogP contribution in [0.5, 0.6) is 0 Å². The summed E-state index contributed by atoms with van der Waals surface area (Å²) in [5, 5.41) is 0. The van der Waals surface area contributed by atoms with Crippen LogP contribution in [0.15, 0.2) is 0 Å². The second kappa shape index (κ2) is 6.41. The van der Waals surface area contributed by atoms with E-state index in [0.717, 1.165) is 32.5 Å². The zero-order valence-corrected chi connectivity index (χ0v) is 9.68. The standard InChI is InChI=1S/C12H24O2/c1-3-5-6-7-9-12(8-4-2)13-10-11-14-12/h3-11H2,1-2H3. The van der Waals surface area contributed by atoms with E-state index in [4.69, 9.17) is 9.47 Å². The molecule has 1 heterocycles. The first-order valence-electron chi connectivity index (χ1n) is 6.11. The van der Waals surface area contributed by atoms with Gasteiger partial charge in [-0.1, -0.05) is 39.5 Å². The fourth-order valence-electron chi connectivity index (χ4n) is 2.11. The molecule has 0 aromatic heterocycles. The average Bonchev–Trinajstić information content (AvgIpc) is 2.63. The number of hydrogen-bond acceptors (Lipinski definition) is 2. The third-order valence-corrected chi connectivity index (χ3v) is 2.86. The van der Waals surface area contributed by atoms with Gasteiger partial charge >= 0.3 is 0 Å². The van der Waals surface area contributed by atoms with Crippen LogP contribution < -0.4 is 0 Å². The number of hydrogen-bond donors (Lipinski definition) is 0. The van der Waals surface area contributed by atoms with Crippen LogP contribution in [0, 0.1) is 0 Å². The van der Waals surface area contributed by atoms with Crippen molar-refractivity contribution in [2.75, 3.05) is 13.2 Å². The van der Waals surface area contributed by atoms with E-state index in [1.807, 2.05) is 0 Å². The van der Waals surface area contributed by atoms with Crippen molar-refractivity contribution >= 4 is 0 Å². The highest BCUT2D eigenvalue weighted by atomic mass is 16.7. The Bertz CT molecular complexity index is 139. The predicted octanol–water partition coefficient (Wildman–Crippen LogP) is 3.50. The first-order chi connectivity index (χ1) is 6.83. The van der Waals surface area contributed by atoms with E-state index in [1.54, 1.807) is 0 Å². The molecule has 2 nitrogen and oxygen atoms in total. The zero-order chi connectivity index (χ0) is 10.3. The van der Waals surface area contributed by atoms with Gasteiger partial charge in [0.25, 0.3) is 0 Å². The maximum atomic E-state index is 5.74. The van der Waals surface area contributed by atoms with Gasteiger partial charge < -0.3 is 9.47 Å². The largest absolute Gasteiger partial charge is 0.348 e. The molecular formula is C12H24O2. The van der Waals surface area contributed by atoms with Crippen LogP contribution in [0.1, 0.15) is 58.8 Å². The Labute approximate surface area is 88.0 Å². The minimum atomic E-state index is -0.206. The van der Waals surface area contributed by atoms with E-state index >= 15 is 0 Å². The average molecular weight is 200 g/mol. The van der Waals surface area contributed by atoms with E-state index in [0.29, 0.717) is 0 Å². The van der Waals surface area contributed by atoms with E-state index in [2.05, 4.69) is 13.8 Å². The van der Waals surface area contributed by atoms with E-state index < -0.39 is 0 Å². The highest BCUT2D eigenvalue weighted by molar-refractivity contribution is 4.73. The van der Waals surface area contributed by atoms with Gasteiger partial charge in [0.15, 0.2) is 5.79 Å². The molecule has 0 saturated carbocycles. The van der Waals surface area contributed by atoms with E-state index in [-0.39, 0.29) is 5.79 Å². The van der Waals surface area contributed by atoms with Crippen LogP contribution in [0.4, 0.5) is 0 Å². The molecule has 0 aromatic rings. The Morgan fingerprint density at radius 1 is 0.857 bits per heavy atom. The molecule has 2 heteroatoms. The van der Waals surface area contributed by atoms with Gasteiger partial charge in [-0.05, 0) is 6.42 Å². The molecule has 0 radical (unpaired) electrons. The van der Waals surface area contributed by atoms with Crippen molar-refractivity contribution < 1.29 is 9.47 Å². The predicted molar refractivity (Wildman–Crippen MR) is 58.3 cm³/mol. The van der Waals surface area contributed by atoms with E-state index in [9.17, 15) is 0 Å². The summed E-state index contributed by atoms with van der Waals surface area (Å²) < 4.78 is 11.5. The number of unbranched alkanes of at least 4 members (excludes halogenated alkanes) is 3. The Morgan fingerprint density at radius 3 is 2.14 bits per heavy atom. The van der Waals surface area contributed by atoms with Crippen LogP contribution in [-0.2, 0) is 9.47 Å². The molecule has 0 amide bonds. The minimum Gasteiger partial charge on any atom is -0.348 e. The van der Waals surface area contributed by atoms with Crippen LogP contribution >= 0.6 is 0 Å². The third-order valence-electron chi connectivity index (χ3n) is 2.86. The van der Waals surface area contributed by atoms with Crippen molar-refractivity contribution in [3.05, 3.63) is 0 Å². The van der Waals surface area contributed by atoms with Crippen molar-refractivity contribution in [1.29, 1.82) is 0 Å². The van der Waals surface area contributed by atoms with Crippen molar-refractivity contribution in [1.82, 2.24) is 0 Å². The van der Waals surface area contributed by atoms with Crippen LogP contribution in [0.25, 0.3) is 0 Å². The molecule has 0 atom stereocenters. The van der Waals surface area contributed by atoms with Crippen molar-refractivity contribution in [3.63, 3.8) is 0 Å². The Morgan fingerprint density at radius 2 is 1.57 bits per heavy atom. The summed E-state index contributed by atoms with van der Waals surface area (Å²) in [6, 6.07) is 0. The summed E-state index contributed by atoms with van der Waals surface area (Å²) in [7, 11) is 0. The molecule has 0 unspecified atom stereocenters. The molecule has 1 aliphatic heterocycles. The first-order valence-corrected chi connectivity index (χ1v) is 6.11. The Hall–Kier alpha value is -0.0800. The van der Waals surface area contributed by atoms with Crippen LogP contribution in [0.2, 0.25) is 0 Å². The lowest BCUT2D eigenvalue weighted by atomic mass is 10.0. The van der Waals surface area contributed by atoms with Gasteiger partial charge in [0, 0.05) is 12.8 Å². The third kappa shape index (κ3) is 3.58. The van der Waals surface area contributed by atoms with Gasteiger partial charge in [-0.2, -0.15) is 0 Å². The normalized spacial score (nSPS) is 20.1. The van der Waals surface area contributed by atoms with E-state index in [1.165, 1.54) is 25.7 Å². The molecular weight excluding hydrogens is 176 g/mol. The van der Waals surface area contributed by atoms with Gasteiger partial charge in [-0.3, -0.25) is 0 Å². The molecule has 1 saturated heterocycles. The Balaban J connectivity index is 2.21. The second-order valence-electron chi connectivity index (χ2n) is 4.17. The molecule has 84 valence electrons. The van der Waals surface area contributed by atoms with Crippen molar-refractivity contribution in [2.24, 2.45) is 0 Å². The lowest BCUT2D eigenvalue weighted by Crippen LogP contribution is -2.29. The maximum Gasteiger partial charge on any atom is 0.168 e. The highest BCUT2D eigenvalue weighted by Gasteiger charge is 2.34. The summed E-state index contributed by atoms with van der Waals surface area (Å²) in [5.74, 6) is -0.206. The quantitative estimate of drug-likeness (QED) is 0.586. The monoisotopic (exact) mass is 200 g/mol. The topological polar surface area (TPSA) is 18.5 Å². The van der Waals surface area contributed by atoms with Gasteiger partial charge in [0.1, 0.15) is 0 Å². The second-order valence-corrected chi connectivity index (χ2v) is 4.17. The molecule has 1 rings (SSSR count). The van der Waals surface area contributed by atoms with Crippen molar-refractivity contribution in [3.8, 4) is 0 Å². The molecule has 14 heavy (non-hydrogen) atoms. The first kappa shape index (κ1) is 12.0. The fraction of sp³-hybridized carbons (Fsp3) is 1.00. The summed E-state index contributed by atoms with van der Waals surface area (Å²) in [5.41, 5.74) is 0. The molecule has 1 fully saturated rings. The summed E-state index contributed by atoms with van der Waals surface area (Å²) in [4.78, 5) is 0. The van der Waals surface area contributed by atoms with Crippen molar-refractivity contribution in [2.45, 2.75) is 64.6 Å².